The standard InChI is InChI=1S/C16H14N2O3S.C15H17NO3.C12H11NO3.C11H11NO.C10H9NO.C6H6BrNO2S/c1-11-15(12-7-9-14(10-8-12)22(17,19)20)16(18-21-11)13-5-3-2-4-6-13;1-11-13(9-6-10-14(17)18-2)19-16-15(11)12-7-4-3-5-8-12;1-16-12(14)9-5-8-11(13-15)10-6-3-2-4-7-10;1-8-9(2)13-12-11(8)10-6-4-3-5-7-10;1-2-6-10(11-12)9-7-4-3-5-8-9;7-5-1-3-6(4-2-5)11(8,9)10/h2-10H,1H3,(H2,17,19,20);3-5,7-8H,6,9-10H2,1-2H3;2-4,6-7,15H,9H2,1H3;3-7H,1-2H3;3-5,7-8,12H,1H3;1-4H,(H2,8,9,10)/b;;13-11+;;11-10+;. The maximum absolute atomic E-state index is 11.3. The van der Waals surface area contributed by atoms with Gasteiger partial charge in [-0.2, -0.15) is 0 Å². The zero-order chi connectivity index (χ0) is 67.8. The third-order valence-corrected chi connectivity index (χ3v) is 15.4. The van der Waals surface area contributed by atoms with Crippen molar-refractivity contribution in [1.82, 2.24) is 15.5 Å². The largest absolute Gasteiger partial charge is 0.469 e. The lowest BCUT2D eigenvalue weighted by Crippen LogP contribution is -2.11. The average Bonchev–Trinajstić information content (AvgIpc) is 1.76. The number of carbonyl (C=O) groups is 2. The van der Waals surface area contributed by atoms with E-state index in [0.29, 0.717) is 36.3 Å². The van der Waals surface area contributed by atoms with Gasteiger partial charge in [0.15, 0.2) is 11.4 Å². The summed E-state index contributed by atoms with van der Waals surface area (Å²) in [5.41, 5.74) is 11.6. The van der Waals surface area contributed by atoms with Crippen LogP contribution in [0.2, 0.25) is 0 Å². The summed E-state index contributed by atoms with van der Waals surface area (Å²) in [6.07, 6.45) is 1.78. The van der Waals surface area contributed by atoms with Crippen LogP contribution in [0.3, 0.4) is 0 Å². The predicted molar refractivity (Wildman–Crippen MR) is 359 cm³/mol. The van der Waals surface area contributed by atoms with E-state index in [-0.39, 0.29) is 27.9 Å². The molecular formula is C70H68BrN7O13S2. The molecule has 6 N–H and O–H groups in total. The second-order valence-corrected chi connectivity index (χ2v) is 23.4. The Morgan fingerprint density at radius 3 is 1.33 bits per heavy atom. The van der Waals surface area contributed by atoms with Gasteiger partial charge in [-0.05, 0) is 94.8 Å². The number of nitrogens with two attached hydrogens (primary N) is 2. The van der Waals surface area contributed by atoms with Crippen LogP contribution in [0.5, 0.6) is 0 Å². The zero-order valence-corrected chi connectivity index (χ0v) is 55.1. The van der Waals surface area contributed by atoms with E-state index in [4.69, 9.17) is 34.3 Å². The van der Waals surface area contributed by atoms with Gasteiger partial charge >= 0.3 is 11.9 Å². The molecule has 23 heteroatoms. The lowest BCUT2D eigenvalue weighted by molar-refractivity contribution is -0.141. The van der Waals surface area contributed by atoms with Crippen LogP contribution in [0.4, 0.5) is 0 Å². The van der Waals surface area contributed by atoms with E-state index in [2.05, 4.69) is 74.9 Å². The molecule has 0 amide bonds. The number of benzene rings is 7. The van der Waals surface area contributed by atoms with Gasteiger partial charge in [-0.3, -0.25) is 9.59 Å². The smallest absolute Gasteiger partial charge is 0.317 e. The number of esters is 2. The number of nitrogens with zero attached hydrogens (tertiary/aromatic N) is 5. The maximum atomic E-state index is 11.3. The Bertz CT molecular complexity index is 4410. The number of hydrogen-bond acceptors (Lipinski definition) is 18. The highest BCUT2D eigenvalue weighted by Crippen LogP contribution is 2.35. The molecule has 0 aliphatic carbocycles. The van der Waals surface area contributed by atoms with Crippen molar-refractivity contribution in [1.29, 1.82) is 0 Å². The molecule has 0 radical (unpaired) electrons. The SMILES string of the molecule is CC#C/C(=N\O)c1ccccc1.COC(=O)CC#C/C(=N\O)c1ccccc1.COC(=O)CCCc1onc(-c2ccccc2)c1C.Cc1onc(-c2ccccc2)c1-c1ccc(S(N)(=O)=O)cc1.Cc1onc(-c2ccccc2)c1C.NS(=O)(=O)c1ccc(Br)cc1. The van der Waals surface area contributed by atoms with Crippen molar-refractivity contribution >= 4 is 59.3 Å². The Labute approximate surface area is 549 Å². The molecule has 20 nitrogen and oxygen atoms in total. The monoisotopic (exact) mass is 1360 g/mol. The van der Waals surface area contributed by atoms with Crippen molar-refractivity contribution in [3.8, 4) is 68.6 Å². The van der Waals surface area contributed by atoms with Crippen LogP contribution >= 0.6 is 15.9 Å². The minimum Gasteiger partial charge on any atom is -0.469 e. The molecule has 0 saturated carbocycles. The first-order valence-corrected chi connectivity index (χ1v) is 32.0. The lowest BCUT2D eigenvalue weighted by Gasteiger charge is -2.04. The molecule has 0 bridgehead atoms. The number of methoxy groups -OCH3 is 2. The molecule has 0 unspecified atom stereocenters. The summed E-state index contributed by atoms with van der Waals surface area (Å²) >= 11 is 3.18. The fourth-order valence-electron chi connectivity index (χ4n) is 8.08. The summed E-state index contributed by atoms with van der Waals surface area (Å²) in [5, 5.41) is 45.8. The molecule has 10 aromatic rings. The summed E-state index contributed by atoms with van der Waals surface area (Å²) in [4.78, 5) is 22.0. The molecule has 0 fully saturated rings. The van der Waals surface area contributed by atoms with Crippen LogP contribution in [0.1, 0.15) is 65.7 Å². The van der Waals surface area contributed by atoms with Gasteiger partial charge in [0.05, 0.1) is 29.6 Å². The number of ether oxygens (including phenoxy) is 2. The van der Waals surface area contributed by atoms with Crippen LogP contribution < -0.4 is 10.3 Å². The number of primary sulfonamides is 2. The van der Waals surface area contributed by atoms with Crippen LogP contribution in [-0.4, -0.2) is 80.3 Å². The van der Waals surface area contributed by atoms with Crippen molar-refractivity contribution in [3.63, 3.8) is 0 Å². The normalized spacial score (nSPS) is 10.7. The Kier molecular flexibility index (Phi) is 29.6. The van der Waals surface area contributed by atoms with E-state index >= 15 is 0 Å². The second kappa shape index (κ2) is 37.6. The third kappa shape index (κ3) is 23.7. The second-order valence-electron chi connectivity index (χ2n) is 19.4. The summed E-state index contributed by atoms with van der Waals surface area (Å²) in [6.45, 7) is 9.46. The number of halogens is 1. The van der Waals surface area contributed by atoms with E-state index in [0.717, 1.165) is 77.6 Å². The quantitative estimate of drug-likeness (QED) is 0.0274. The van der Waals surface area contributed by atoms with Crippen molar-refractivity contribution in [3.05, 3.63) is 244 Å². The Hall–Kier alpha value is -10.5. The molecule has 0 saturated heterocycles. The van der Waals surface area contributed by atoms with E-state index in [1.54, 1.807) is 43.3 Å². The molecule has 93 heavy (non-hydrogen) atoms. The maximum Gasteiger partial charge on any atom is 0.317 e. The molecule has 7 aromatic carbocycles. The number of hydrogen-bond donors (Lipinski definition) is 4. The molecule has 0 spiro atoms. The van der Waals surface area contributed by atoms with Gasteiger partial charge in [-0.15, -0.1) is 0 Å². The van der Waals surface area contributed by atoms with Crippen LogP contribution in [0.15, 0.2) is 238 Å². The number of aryl methyl sites for hydroxylation is 3. The first-order valence-electron chi connectivity index (χ1n) is 28.2. The van der Waals surface area contributed by atoms with Crippen molar-refractivity contribution < 1.29 is 59.9 Å². The molecule has 3 heterocycles. The van der Waals surface area contributed by atoms with E-state index < -0.39 is 26.0 Å². The molecule has 0 aliphatic rings. The average molecular weight is 1360 g/mol. The van der Waals surface area contributed by atoms with Crippen LogP contribution in [0, 0.1) is 51.4 Å². The Balaban J connectivity index is 0.000000206. The zero-order valence-electron chi connectivity index (χ0n) is 51.9. The van der Waals surface area contributed by atoms with Crippen molar-refractivity contribution in [2.75, 3.05) is 14.2 Å². The molecular weight excluding hydrogens is 1290 g/mol. The van der Waals surface area contributed by atoms with E-state index in [9.17, 15) is 26.4 Å². The highest BCUT2D eigenvalue weighted by molar-refractivity contribution is 9.10. The van der Waals surface area contributed by atoms with Gasteiger partial charge in [0.2, 0.25) is 20.0 Å². The summed E-state index contributed by atoms with van der Waals surface area (Å²) in [6, 6.07) is 60.5. The number of aromatic nitrogens is 3. The van der Waals surface area contributed by atoms with Crippen molar-refractivity contribution in [2.45, 2.75) is 70.1 Å². The van der Waals surface area contributed by atoms with Crippen molar-refractivity contribution in [2.24, 2.45) is 20.6 Å². The summed E-state index contributed by atoms with van der Waals surface area (Å²) in [7, 11) is -4.55. The molecule has 3 aromatic heterocycles. The predicted octanol–water partition coefficient (Wildman–Crippen LogP) is 13.5. The van der Waals surface area contributed by atoms with Crippen LogP contribution in [-0.2, 0) is 45.5 Å². The summed E-state index contributed by atoms with van der Waals surface area (Å²) in [5.74, 6) is 12.3. The molecule has 10 rings (SSSR count). The van der Waals surface area contributed by atoms with Gasteiger partial charge in [0.25, 0.3) is 0 Å². The fraction of sp³-hybridized carbons (Fsp3) is 0.157. The number of oxime groups is 2. The van der Waals surface area contributed by atoms with E-state index in [1.807, 2.05) is 167 Å². The van der Waals surface area contributed by atoms with Gasteiger partial charge in [0, 0.05) is 56.3 Å². The molecule has 480 valence electrons. The van der Waals surface area contributed by atoms with Gasteiger partial charge in [0.1, 0.15) is 40.8 Å². The topological polar surface area (TPSA) is 316 Å². The summed E-state index contributed by atoms with van der Waals surface area (Å²) < 4.78 is 69.7. The van der Waals surface area contributed by atoms with E-state index in [1.165, 1.54) is 38.5 Å². The highest BCUT2D eigenvalue weighted by Gasteiger charge is 2.18. The number of rotatable bonds is 13. The molecule has 0 aliphatic heterocycles. The first-order chi connectivity index (χ1) is 44.6. The van der Waals surface area contributed by atoms with Gasteiger partial charge < -0.3 is 33.5 Å². The first kappa shape index (κ1) is 73.2. The Morgan fingerprint density at radius 2 is 0.914 bits per heavy atom. The minimum atomic E-state index is -3.70. The van der Waals surface area contributed by atoms with Gasteiger partial charge in [-0.1, -0.05) is 217 Å². The fourth-order valence-corrected chi connectivity index (χ4v) is 9.37. The highest BCUT2D eigenvalue weighted by atomic mass is 79.9. The number of sulfonamides is 2. The minimum absolute atomic E-state index is 0.0254. The Morgan fingerprint density at radius 1 is 0.516 bits per heavy atom. The lowest BCUT2D eigenvalue weighted by atomic mass is 10.00. The van der Waals surface area contributed by atoms with Crippen LogP contribution in [0.25, 0.3) is 44.9 Å². The molecule has 0 atom stereocenters. The number of carbonyl (C=O) groups excluding carboxylic acids is 2. The van der Waals surface area contributed by atoms with Gasteiger partial charge in [-0.25, -0.2) is 27.1 Å². The third-order valence-electron chi connectivity index (χ3n) is 13.0.